The number of aromatic nitrogens is 4. The third-order valence-electron chi connectivity index (χ3n) is 4.96. The van der Waals surface area contributed by atoms with Crippen LogP contribution in [0.15, 0.2) is 40.2 Å². The summed E-state index contributed by atoms with van der Waals surface area (Å²) in [6.07, 6.45) is 4.09. The molecule has 0 N–H and O–H groups in total. The minimum absolute atomic E-state index is 0.197. The van der Waals surface area contributed by atoms with Crippen LogP contribution in [-0.4, -0.2) is 18.7 Å². The van der Waals surface area contributed by atoms with Crippen LogP contribution >= 0.6 is 0 Å². The Morgan fingerprint density at radius 3 is 2.58 bits per heavy atom. The fourth-order valence-electron chi connectivity index (χ4n) is 3.45. The highest BCUT2D eigenvalue weighted by molar-refractivity contribution is 5.72. The standard InChI is InChI=1S/C20H24N4O2/c1-13(2)10-23-19(25)17-18(21-12-22(17)11-15-8-9-15)24(20(23)26)16-7-5-4-6-14(16)3/h4-7,12-13,15H,8-11H2,1-3H3. The lowest BCUT2D eigenvalue weighted by atomic mass is 10.2. The third-order valence-corrected chi connectivity index (χ3v) is 4.96. The lowest BCUT2D eigenvalue weighted by Crippen LogP contribution is -2.41. The monoisotopic (exact) mass is 352 g/mol. The van der Waals surface area contributed by atoms with Gasteiger partial charge in [0.15, 0.2) is 11.2 Å². The minimum Gasteiger partial charge on any atom is -0.324 e. The van der Waals surface area contributed by atoms with Gasteiger partial charge >= 0.3 is 5.69 Å². The van der Waals surface area contributed by atoms with E-state index >= 15 is 0 Å². The first kappa shape index (κ1) is 16.8. The largest absolute Gasteiger partial charge is 0.337 e. The molecule has 0 bridgehead atoms. The number of benzene rings is 1. The molecule has 1 aliphatic rings. The Morgan fingerprint density at radius 1 is 1.19 bits per heavy atom. The van der Waals surface area contributed by atoms with Gasteiger partial charge in [0.25, 0.3) is 5.56 Å². The minimum atomic E-state index is -0.317. The topological polar surface area (TPSA) is 61.8 Å². The molecule has 0 spiro atoms. The summed E-state index contributed by atoms with van der Waals surface area (Å²) in [5.41, 5.74) is 2.18. The molecular formula is C20H24N4O2. The number of para-hydroxylation sites is 1. The SMILES string of the molecule is Cc1ccccc1-n1c(=O)n(CC(C)C)c(=O)c2c1ncn2CC1CC1. The predicted octanol–water partition coefficient (Wildman–Crippen LogP) is 2.72. The highest BCUT2D eigenvalue weighted by Crippen LogP contribution is 2.31. The van der Waals surface area contributed by atoms with Crippen molar-refractivity contribution >= 4 is 11.2 Å². The van der Waals surface area contributed by atoms with Crippen LogP contribution in [0.4, 0.5) is 0 Å². The van der Waals surface area contributed by atoms with E-state index in [4.69, 9.17) is 0 Å². The van der Waals surface area contributed by atoms with Crippen LogP contribution in [0.1, 0.15) is 32.3 Å². The van der Waals surface area contributed by atoms with E-state index in [1.165, 1.54) is 17.4 Å². The molecule has 0 unspecified atom stereocenters. The molecular weight excluding hydrogens is 328 g/mol. The van der Waals surface area contributed by atoms with Gasteiger partial charge in [-0.25, -0.2) is 14.3 Å². The summed E-state index contributed by atoms with van der Waals surface area (Å²) in [4.78, 5) is 30.8. The quantitative estimate of drug-likeness (QED) is 0.709. The Morgan fingerprint density at radius 2 is 1.92 bits per heavy atom. The van der Waals surface area contributed by atoms with E-state index in [0.717, 1.165) is 17.8 Å². The summed E-state index contributed by atoms with van der Waals surface area (Å²) >= 11 is 0. The number of hydrogen-bond acceptors (Lipinski definition) is 3. The van der Waals surface area contributed by atoms with Gasteiger partial charge in [-0.1, -0.05) is 32.0 Å². The van der Waals surface area contributed by atoms with Crippen molar-refractivity contribution < 1.29 is 0 Å². The summed E-state index contributed by atoms with van der Waals surface area (Å²) in [5, 5.41) is 0. The first-order chi connectivity index (χ1) is 12.5. The van der Waals surface area contributed by atoms with Crippen LogP contribution < -0.4 is 11.2 Å². The number of aryl methyl sites for hydroxylation is 1. The van der Waals surface area contributed by atoms with Crippen LogP contribution in [0.25, 0.3) is 16.9 Å². The van der Waals surface area contributed by atoms with Gasteiger partial charge in [-0.3, -0.25) is 9.36 Å². The Balaban J connectivity index is 2.06. The molecule has 0 amide bonds. The first-order valence-electron chi connectivity index (χ1n) is 9.24. The maximum absolute atomic E-state index is 13.2. The van der Waals surface area contributed by atoms with Crippen molar-refractivity contribution in [2.45, 2.75) is 46.7 Å². The zero-order chi connectivity index (χ0) is 18.4. The molecule has 1 aliphatic carbocycles. The van der Waals surface area contributed by atoms with Gasteiger partial charge in [0.05, 0.1) is 12.0 Å². The van der Waals surface area contributed by atoms with Gasteiger partial charge in [-0.2, -0.15) is 0 Å². The van der Waals surface area contributed by atoms with Crippen molar-refractivity contribution in [1.29, 1.82) is 0 Å². The Hall–Kier alpha value is -2.63. The van der Waals surface area contributed by atoms with E-state index in [-0.39, 0.29) is 17.2 Å². The summed E-state index contributed by atoms with van der Waals surface area (Å²) in [6, 6.07) is 7.71. The van der Waals surface area contributed by atoms with Crippen molar-refractivity contribution in [3.8, 4) is 5.69 Å². The predicted molar refractivity (Wildman–Crippen MR) is 102 cm³/mol. The summed E-state index contributed by atoms with van der Waals surface area (Å²) < 4.78 is 4.89. The molecule has 6 heteroatoms. The van der Waals surface area contributed by atoms with E-state index < -0.39 is 0 Å². The third kappa shape index (κ3) is 2.79. The highest BCUT2D eigenvalue weighted by atomic mass is 16.2. The van der Waals surface area contributed by atoms with Gasteiger partial charge in [0.1, 0.15) is 0 Å². The second-order valence-electron chi connectivity index (χ2n) is 7.73. The second-order valence-corrected chi connectivity index (χ2v) is 7.73. The van der Waals surface area contributed by atoms with Crippen LogP contribution in [0, 0.1) is 18.8 Å². The van der Waals surface area contributed by atoms with Crippen molar-refractivity contribution in [2.24, 2.45) is 11.8 Å². The maximum Gasteiger partial charge on any atom is 0.337 e. The van der Waals surface area contributed by atoms with Crippen LogP contribution in [0.3, 0.4) is 0 Å². The molecule has 0 aliphatic heterocycles. The van der Waals surface area contributed by atoms with E-state index in [2.05, 4.69) is 4.98 Å². The average Bonchev–Trinajstić information content (AvgIpc) is 3.32. The maximum atomic E-state index is 13.2. The zero-order valence-electron chi connectivity index (χ0n) is 15.5. The molecule has 4 rings (SSSR count). The van der Waals surface area contributed by atoms with E-state index in [9.17, 15) is 9.59 Å². The van der Waals surface area contributed by atoms with Gasteiger partial charge in [0, 0.05) is 13.1 Å². The number of fused-ring (bicyclic) bond motifs is 1. The molecule has 1 saturated carbocycles. The lowest BCUT2D eigenvalue weighted by Gasteiger charge is -2.15. The van der Waals surface area contributed by atoms with E-state index in [0.29, 0.717) is 23.6 Å². The lowest BCUT2D eigenvalue weighted by molar-refractivity contribution is 0.488. The van der Waals surface area contributed by atoms with E-state index in [1.807, 2.05) is 49.6 Å². The molecule has 6 nitrogen and oxygen atoms in total. The Bertz CT molecular complexity index is 1080. The Labute approximate surface area is 151 Å². The number of imidazole rings is 1. The fourth-order valence-corrected chi connectivity index (χ4v) is 3.45. The summed E-state index contributed by atoms with van der Waals surface area (Å²) in [5.74, 6) is 0.812. The smallest absolute Gasteiger partial charge is 0.324 e. The van der Waals surface area contributed by atoms with Gasteiger partial charge in [-0.05, 0) is 43.2 Å². The van der Waals surface area contributed by atoms with Crippen molar-refractivity contribution in [3.63, 3.8) is 0 Å². The average molecular weight is 352 g/mol. The molecule has 26 heavy (non-hydrogen) atoms. The summed E-state index contributed by atoms with van der Waals surface area (Å²) in [7, 11) is 0. The number of rotatable bonds is 5. The molecule has 3 aromatic rings. The molecule has 136 valence electrons. The number of nitrogens with zero attached hydrogens (tertiary/aromatic N) is 4. The molecule has 1 fully saturated rings. The van der Waals surface area contributed by atoms with E-state index in [1.54, 1.807) is 10.9 Å². The second kappa shape index (κ2) is 6.27. The van der Waals surface area contributed by atoms with Gasteiger partial charge in [0.2, 0.25) is 0 Å². The normalized spacial score (nSPS) is 14.5. The molecule has 0 radical (unpaired) electrons. The molecule has 2 heterocycles. The number of hydrogen-bond donors (Lipinski definition) is 0. The Kier molecular flexibility index (Phi) is 4.05. The van der Waals surface area contributed by atoms with Crippen molar-refractivity contribution in [3.05, 3.63) is 57.0 Å². The van der Waals surface area contributed by atoms with Gasteiger partial charge < -0.3 is 4.57 Å². The van der Waals surface area contributed by atoms with Crippen molar-refractivity contribution in [1.82, 2.24) is 18.7 Å². The van der Waals surface area contributed by atoms with Crippen LogP contribution in [0.2, 0.25) is 0 Å². The summed E-state index contributed by atoms with van der Waals surface area (Å²) in [6.45, 7) is 7.17. The first-order valence-corrected chi connectivity index (χ1v) is 9.24. The molecule has 0 saturated heterocycles. The molecule has 2 aromatic heterocycles. The zero-order valence-corrected chi connectivity index (χ0v) is 15.5. The van der Waals surface area contributed by atoms with Gasteiger partial charge in [-0.15, -0.1) is 0 Å². The van der Waals surface area contributed by atoms with Crippen LogP contribution in [-0.2, 0) is 13.1 Å². The molecule has 1 aromatic carbocycles. The fraction of sp³-hybridized carbons (Fsp3) is 0.450. The van der Waals surface area contributed by atoms with Crippen molar-refractivity contribution in [2.75, 3.05) is 0 Å². The van der Waals surface area contributed by atoms with Crippen LogP contribution in [0.5, 0.6) is 0 Å². The highest BCUT2D eigenvalue weighted by Gasteiger charge is 2.25. The molecule has 0 atom stereocenters.